The normalized spacial score (nSPS) is 29.8. The number of rotatable bonds is 4. The van der Waals surface area contributed by atoms with E-state index in [1.165, 1.54) is 0 Å². The number of esters is 1. The average molecular weight is 302 g/mol. The molecule has 2 atom stereocenters. The molecule has 2 heterocycles. The summed E-state index contributed by atoms with van der Waals surface area (Å²) < 4.78 is 21.9. The molecule has 0 saturated carbocycles. The van der Waals surface area contributed by atoms with Crippen LogP contribution in [0.5, 0.6) is 0 Å². The molecule has 0 spiro atoms. The van der Waals surface area contributed by atoms with Crippen LogP contribution in [0.3, 0.4) is 0 Å². The lowest BCUT2D eigenvalue weighted by molar-refractivity contribution is -0.163. The van der Waals surface area contributed by atoms with Gasteiger partial charge in [-0.2, -0.15) is 0 Å². The summed E-state index contributed by atoms with van der Waals surface area (Å²) in [4.78, 5) is 11.5. The van der Waals surface area contributed by atoms with Crippen molar-refractivity contribution in [2.75, 3.05) is 12.8 Å². The van der Waals surface area contributed by atoms with Gasteiger partial charge in [0.2, 0.25) is 5.76 Å². The first-order chi connectivity index (χ1) is 9.09. The third-order valence-corrected chi connectivity index (χ3v) is 3.96. The Morgan fingerprint density at radius 2 is 2.05 bits per heavy atom. The van der Waals surface area contributed by atoms with Crippen LogP contribution in [0, 0.1) is 0 Å². The minimum Gasteiger partial charge on any atom is -0.499 e. The number of aliphatic hydroxyl groups excluding tert-OH is 1. The molecule has 20 heavy (non-hydrogen) atoms. The molecular formula is C13H22O6Si. The minimum atomic E-state index is -1.48. The van der Waals surface area contributed by atoms with Crippen molar-refractivity contribution in [1.82, 2.24) is 0 Å². The third kappa shape index (κ3) is 3.34. The molecule has 0 bridgehead atoms. The Balaban J connectivity index is 2.11. The molecule has 114 valence electrons. The smallest absolute Gasteiger partial charge is 0.378 e. The molecule has 1 fully saturated rings. The van der Waals surface area contributed by atoms with Gasteiger partial charge >= 0.3 is 5.97 Å². The Hall–Kier alpha value is -1.05. The Kier molecular flexibility index (Phi) is 3.87. The molecule has 2 rings (SSSR count). The number of ether oxygens (including phenoxy) is 4. The van der Waals surface area contributed by atoms with Gasteiger partial charge in [-0.15, -0.1) is 0 Å². The van der Waals surface area contributed by atoms with Gasteiger partial charge in [0.05, 0.1) is 20.9 Å². The largest absolute Gasteiger partial charge is 0.499 e. The molecule has 0 aromatic rings. The average Bonchev–Trinajstić information content (AvgIpc) is 2.78. The number of carbonyl (C=O) groups excluding carboxylic acids is 1. The van der Waals surface area contributed by atoms with Gasteiger partial charge in [-0.05, 0) is 13.8 Å². The van der Waals surface area contributed by atoms with Gasteiger partial charge in [-0.25, -0.2) is 4.79 Å². The van der Waals surface area contributed by atoms with Crippen molar-refractivity contribution >= 4 is 14.0 Å². The SMILES string of the molecule is CC1(C)OCC(C2OC(=O)C(O)=C2OC[Si](C)(C)C)O1. The number of carbonyl (C=O) groups is 1. The number of aliphatic hydroxyl groups is 1. The summed E-state index contributed by atoms with van der Waals surface area (Å²) in [6, 6.07) is 0. The first-order valence-electron chi connectivity index (χ1n) is 6.68. The highest BCUT2D eigenvalue weighted by Gasteiger charge is 2.47. The van der Waals surface area contributed by atoms with E-state index >= 15 is 0 Å². The minimum absolute atomic E-state index is 0.170. The number of hydrogen-bond acceptors (Lipinski definition) is 6. The van der Waals surface area contributed by atoms with Crippen LogP contribution in [-0.4, -0.2) is 50.0 Å². The highest BCUT2D eigenvalue weighted by atomic mass is 28.3. The second-order valence-electron chi connectivity index (χ2n) is 6.76. The highest BCUT2D eigenvalue weighted by molar-refractivity contribution is 6.76. The van der Waals surface area contributed by atoms with Crippen LogP contribution in [0.15, 0.2) is 11.5 Å². The van der Waals surface area contributed by atoms with Gasteiger partial charge in [0.25, 0.3) is 0 Å². The van der Waals surface area contributed by atoms with Crippen LogP contribution >= 0.6 is 0 Å². The Bertz CT molecular complexity index is 437. The molecule has 0 aromatic carbocycles. The van der Waals surface area contributed by atoms with Gasteiger partial charge in [-0.3, -0.25) is 0 Å². The molecule has 0 aliphatic carbocycles. The van der Waals surface area contributed by atoms with E-state index in [4.69, 9.17) is 18.9 Å². The molecule has 1 saturated heterocycles. The maximum absolute atomic E-state index is 11.5. The summed E-state index contributed by atoms with van der Waals surface area (Å²) >= 11 is 0. The molecule has 0 amide bonds. The van der Waals surface area contributed by atoms with E-state index in [1.54, 1.807) is 13.8 Å². The summed E-state index contributed by atoms with van der Waals surface area (Å²) in [6.45, 7) is 10.3. The summed E-state index contributed by atoms with van der Waals surface area (Å²) in [5, 5.41) is 9.81. The first kappa shape index (κ1) is 15.3. The van der Waals surface area contributed by atoms with Crippen molar-refractivity contribution in [2.24, 2.45) is 0 Å². The van der Waals surface area contributed by atoms with E-state index in [0.717, 1.165) is 0 Å². The third-order valence-electron chi connectivity index (χ3n) is 2.95. The van der Waals surface area contributed by atoms with Crippen LogP contribution in [0.1, 0.15) is 13.8 Å². The zero-order valence-electron chi connectivity index (χ0n) is 12.6. The van der Waals surface area contributed by atoms with E-state index in [9.17, 15) is 9.90 Å². The van der Waals surface area contributed by atoms with E-state index < -0.39 is 37.8 Å². The second kappa shape index (κ2) is 5.05. The molecular weight excluding hydrogens is 280 g/mol. The molecule has 1 N–H and O–H groups in total. The lowest BCUT2D eigenvalue weighted by Crippen LogP contribution is -2.35. The Morgan fingerprint density at radius 1 is 1.40 bits per heavy atom. The fraction of sp³-hybridized carbons (Fsp3) is 0.769. The molecule has 6 nitrogen and oxygen atoms in total. The van der Waals surface area contributed by atoms with Crippen molar-refractivity contribution in [3.8, 4) is 0 Å². The van der Waals surface area contributed by atoms with Gasteiger partial charge in [0, 0.05) is 0 Å². The zero-order valence-corrected chi connectivity index (χ0v) is 13.6. The second-order valence-corrected chi connectivity index (χ2v) is 12.2. The number of hydrogen-bond donors (Lipinski definition) is 1. The molecule has 7 heteroatoms. The van der Waals surface area contributed by atoms with Crippen molar-refractivity contribution < 1.29 is 28.8 Å². The fourth-order valence-corrected chi connectivity index (χ4v) is 2.60. The summed E-state index contributed by atoms with van der Waals surface area (Å²) in [6.07, 6.45) is -0.702. The van der Waals surface area contributed by atoms with E-state index in [0.29, 0.717) is 6.23 Å². The molecule has 2 aliphatic rings. The van der Waals surface area contributed by atoms with Crippen LogP contribution in [0.2, 0.25) is 19.6 Å². The molecule has 0 radical (unpaired) electrons. The zero-order chi connectivity index (χ0) is 15.1. The Labute approximate surface area is 119 Å². The predicted molar refractivity (Wildman–Crippen MR) is 73.7 cm³/mol. The van der Waals surface area contributed by atoms with Crippen molar-refractivity contribution in [2.45, 2.75) is 51.5 Å². The maximum atomic E-state index is 11.5. The monoisotopic (exact) mass is 302 g/mol. The summed E-state index contributed by atoms with van der Waals surface area (Å²) in [5.74, 6) is -1.78. The van der Waals surface area contributed by atoms with Gasteiger partial charge in [-0.1, -0.05) is 19.6 Å². The number of cyclic esters (lactones) is 1. The lowest BCUT2D eigenvalue weighted by atomic mass is 10.2. The van der Waals surface area contributed by atoms with Crippen LogP contribution < -0.4 is 0 Å². The van der Waals surface area contributed by atoms with Crippen molar-refractivity contribution in [3.63, 3.8) is 0 Å². The highest BCUT2D eigenvalue weighted by Crippen LogP contribution is 2.33. The van der Waals surface area contributed by atoms with Crippen LogP contribution in [0.4, 0.5) is 0 Å². The van der Waals surface area contributed by atoms with Crippen molar-refractivity contribution in [1.29, 1.82) is 0 Å². The maximum Gasteiger partial charge on any atom is 0.378 e. The van der Waals surface area contributed by atoms with Gasteiger partial charge in [0.1, 0.15) is 6.10 Å². The van der Waals surface area contributed by atoms with Crippen LogP contribution in [-0.2, 0) is 23.7 Å². The Morgan fingerprint density at radius 3 is 2.55 bits per heavy atom. The van der Waals surface area contributed by atoms with E-state index in [2.05, 4.69) is 19.6 Å². The van der Waals surface area contributed by atoms with Gasteiger partial charge < -0.3 is 24.1 Å². The van der Waals surface area contributed by atoms with E-state index in [-0.39, 0.29) is 12.4 Å². The van der Waals surface area contributed by atoms with Gasteiger partial charge in [0.15, 0.2) is 17.7 Å². The van der Waals surface area contributed by atoms with Crippen molar-refractivity contribution in [3.05, 3.63) is 11.5 Å². The standard InChI is InChI=1S/C13H22O6Si/c1-13(2)17-6-8(19-13)10-11(9(14)12(15)18-10)16-7-20(3,4)5/h8,10,14H,6-7H2,1-5H3. The quantitative estimate of drug-likeness (QED) is 0.629. The molecule has 2 aliphatic heterocycles. The first-order valence-corrected chi connectivity index (χ1v) is 10.4. The summed E-state index contributed by atoms with van der Waals surface area (Å²) in [7, 11) is -1.48. The predicted octanol–water partition coefficient (Wildman–Crippen LogP) is 1.73. The topological polar surface area (TPSA) is 74.2 Å². The fourth-order valence-electron chi connectivity index (χ4n) is 2.01. The summed E-state index contributed by atoms with van der Waals surface area (Å²) in [5.41, 5.74) is 0. The molecule has 2 unspecified atom stereocenters. The molecule has 0 aromatic heterocycles. The lowest BCUT2D eigenvalue weighted by Gasteiger charge is -2.23. The van der Waals surface area contributed by atoms with Crippen LogP contribution in [0.25, 0.3) is 0 Å². The van der Waals surface area contributed by atoms with E-state index in [1.807, 2.05) is 0 Å².